The molecule has 0 spiro atoms. The standard InChI is InChI=1S/C32H44Cl2FN3O4S/c1-37(2)32(24-12-14-25(35)15-13-24)23-10-8-22(9-11-23)18-19-36-31(39)21-42-30-7-5-4-6-29(30)38(3)43(40,41)26-16-17-27(33)28(34)20-26/h12-17,20,22-23,29-30,32H,4-11,18-19,21H2,1-3H3,(H,36,39). The van der Waals surface area contributed by atoms with Crippen molar-refractivity contribution < 1.29 is 22.3 Å². The van der Waals surface area contributed by atoms with Gasteiger partial charge in [0.05, 0.1) is 27.1 Å². The molecule has 43 heavy (non-hydrogen) atoms. The van der Waals surface area contributed by atoms with Gasteiger partial charge in [-0.15, -0.1) is 0 Å². The summed E-state index contributed by atoms with van der Waals surface area (Å²) in [5, 5.41) is 3.47. The minimum Gasteiger partial charge on any atom is -0.367 e. The van der Waals surface area contributed by atoms with Gasteiger partial charge in [0.2, 0.25) is 15.9 Å². The van der Waals surface area contributed by atoms with Crippen LogP contribution in [0.15, 0.2) is 47.4 Å². The van der Waals surface area contributed by atoms with Crippen LogP contribution in [0.1, 0.15) is 69.4 Å². The minimum absolute atomic E-state index is 0.0770. The third-order valence-corrected chi connectivity index (χ3v) is 11.7. The summed E-state index contributed by atoms with van der Waals surface area (Å²) in [7, 11) is 1.91. The molecule has 2 aliphatic rings. The Balaban J connectivity index is 1.22. The number of carbonyl (C=O) groups is 1. The summed E-state index contributed by atoms with van der Waals surface area (Å²) in [6.07, 6.45) is 8.10. The molecule has 4 rings (SSSR count). The Morgan fingerprint density at radius 1 is 0.977 bits per heavy atom. The number of amides is 1. The Morgan fingerprint density at radius 3 is 2.30 bits per heavy atom. The summed E-state index contributed by atoms with van der Waals surface area (Å²) in [4.78, 5) is 15.0. The van der Waals surface area contributed by atoms with Crippen LogP contribution < -0.4 is 5.32 Å². The summed E-state index contributed by atoms with van der Waals surface area (Å²) in [6.45, 7) is 0.489. The van der Waals surface area contributed by atoms with E-state index in [-0.39, 0.29) is 46.4 Å². The number of nitrogens with zero attached hydrogens (tertiary/aromatic N) is 2. The van der Waals surface area contributed by atoms with Crippen LogP contribution in [0.25, 0.3) is 0 Å². The van der Waals surface area contributed by atoms with Crippen molar-refractivity contribution in [2.75, 3.05) is 34.3 Å². The maximum absolute atomic E-state index is 13.5. The van der Waals surface area contributed by atoms with E-state index >= 15 is 0 Å². The molecule has 2 aromatic rings. The molecule has 2 aliphatic carbocycles. The van der Waals surface area contributed by atoms with E-state index in [0.717, 1.165) is 50.5 Å². The number of rotatable bonds is 12. The SMILES string of the molecule is CN(C)C(c1ccc(F)cc1)C1CCC(CCNC(=O)COC2CCCCC2N(C)S(=O)(=O)c2ccc(Cl)c(Cl)c2)CC1. The van der Waals surface area contributed by atoms with Gasteiger partial charge >= 0.3 is 0 Å². The number of benzene rings is 2. The molecule has 0 saturated heterocycles. The zero-order chi connectivity index (χ0) is 31.1. The van der Waals surface area contributed by atoms with Gasteiger partial charge in [0.1, 0.15) is 12.4 Å². The highest BCUT2D eigenvalue weighted by molar-refractivity contribution is 7.89. The average molecular weight is 657 g/mol. The molecular formula is C32H44Cl2FN3O4S. The number of nitrogens with one attached hydrogen (secondary N) is 1. The van der Waals surface area contributed by atoms with Gasteiger partial charge in [-0.1, -0.05) is 61.0 Å². The van der Waals surface area contributed by atoms with Crippen molar-refractivity contribution in [3.63, 3.8) is 0 Å². The molecule has 238 valence electrons. The molecule has 11 heteroatoms. The Kier molecular flexibility index (Phi) is 12.3. The van der Waals surface area contributed by atoms with Crippen LogP contribution in [0.2, 0.25) is 10.0 Å². The lowest BCUT2D eigenvalue weighted by Gasteiger charge is -2.37. The van der Waals surface area contributed by atoms with Crippen LogP contribution in [-0.2, 0) is 19.6 Å². The van der Waals surface area contributed by atoms with E-state index in [1.807, 2.05) is 12.1 Å². The highest BCUT2D eigenvalue weighted by atomic mass is 35.5. The van der Waals surface area contributed by atoms with E-state index < -0.39 is 10.0 Å². The maximum atomic E-state index is 13.5. The van der Waals surface area contributed by atoms with Crippen molar-refractivity contribution >= 4 is 39.1 Å². The second-order valence-corrected chi connectivity index (χ2v) is 15.0. The largest absolute Gasteiger partial charge is 0.367 e. The van der Waals surface area contributed by atoms with Crippen LogP contribution in [0.4, 0.5) is 4.39 Å². The lowest BCUT2D eigenvalue weighted by Crippen LogP contribution is -2.48. The topological polar surface area (TPSA) is 79.0 Å². The predicted octanol–water partition coefficient (Wildman–Crippen LogP) is 6.70. The number of hydrogen-bond donors (Lipinski definition) is 1. The molecular weight excluding hydrogens is 612 g/mol. The molecule has 2 fully saturated rings. The summed E-state index contributed by atoms with van der Waals surface area (Å²) < 4.78 is 47.5. The van der Waals surface area contributed by atoms with E-state index in [1.165, 1.54) is 34.6 Å². The molecule has 0 aromatic heterocycles. The molecule has 3 atom stereocenters. The van der Waals surface area contributed by atoms with Crippen LogP contribution in [-0.4, -0.2) is 70.0 Å². The zero-order valence-electron chi connectivity index (χ0n) is 25.3. The van der Waals surface area contributed by atoms with E-state index in [1.54, 1.807) is 7.05 Å². The molecule has 0 heterocycles. The van der Waals surface area contributed by atoms with Gasteiger partial charge in [0.15, 0.2) is 0 Å². The van der Waals surface area contributed by atoms with Crippen LogP contribution in [0, 0.1) is 17.7 Å². The van der Waals surface area contributed by atoms with Crippen molar-refractivity contribution in [1.29, 1.82) is 0 Å². The molecule has 2 saturated carbocycles. The molecule has 0 radical (unpaired) electrons. The smallest absolute Gasteiger partial charge is 0.246 e. The maximum Gasteiger partial charge on any atom is 0.246 e. The first kappa shape index (κ1) is 34.1. The van der Waals surface area contributed by atoms with Gasteiger partial charge < -0.3 is 15.0 Å². The van der Waals surface area contributed by atoms with Gasteiger partial charge in [0.25, 0.3) is 0 Å². The Morgan fingerprint density at radius 2 is 1.65 bits per heavy atom. The quantitative estimate of drug-likeness (QED) is 0.275. The Labute approximate surface area is 266 Å². The summed E-state index contributed by atoms with van der Waals surface area (Å²) in [5.74, 6) is 0.673. The fourth-order valence-electron chi connectivity index (χ4n) is 6.76. The first-order valence-corrected chi connectivity index (χ1v) is 17.4. The van der Waals surface area contributed by atoms with Gasteiger partial charge in [-0.3, -0.25) is 4.79 Å². The van der Waals surface area contributed by atoms with Crippen molar-refractivity contribution in [3.05, 3.63) is 63.9 Å². The number of likely N-dealkylation sites (N-methyl/N-ethyl adjacent to an activating group) is 1. The molecule has 1 N–H and O–H groups in total. The molecule has 7 nitrogen and oxygen atoms in total. The van der Waals surface area contributed by atoms with Gasteiger partial charge in [-0.05, 0) is 93.9 Å². The number of carbonyl (C=O) groups excluding carboxylic acids is 1. The van der Waals surface area contributed by atoms with Crippen LogP contribution in [0.3, 0.4) is 0 Å². The molecule has 0 aliphatic heterocycles. The van der Waals surface area contributed by atoms with Gasteiger partial charge in [-0.25, -0.2) is 12.8 Å². The zero-order valence-corrected chi connectivity index (χ0v) is 27.6. The molecule has 1 amide bonds. The number of halogens is 3. The van der Waals surface area contributed by atoms with E-state index in [0.29, 0.717) is 36.2 Å². The van der Waals surface area contributed by atoms with E-state index in [9.17, 15) is 17.6 Å². The highest BCUT2D eigenvalue weighted by Gasteiger charge is 2.36. The number of hydrogen-bond acceptors (Lipinski definition) is 5. The summed E-state index contributed by atoms with van der Waals surface area (Å²) in [6, 6.07) is 11.0. The predicted molar refractivity (Wildman–Crippen MR) is 169 cm³/mol. The fraction of sp³-hybridized carbons (Fsp3) is 0.594. The summed E-state index contributed by atoms with van der Waals surface area (Å²) in [5.41, 5.74) is 1.15. The third kappa shape index (κ3) is 8.92. The van der Waals surface area contributed by atoms with Crippen molar-refractivity contribution in [2.24, 2.45) is 11.8 Å². The molecule has 3 unspecified atom stereocenters. The Hall–Kier alpha value is -1.75. The fourth-order valence-corrected chi connectivity index (χ4v) is 8.56. The molecule has 0 bridgehead atoms. The lowest BCUT2D eigenvalue weighted by molar-refractivity contribution is -0.129. The normalized spacial score (nSPS) is 23.8. The van der Waals surface area contributed by atoms with E-state index in [2.05, 4.69) is 24.3 Å². The second kappa shape index (κ2) is 15.5. The third-order valence-electron chi connectivity index (χ3n) is 9.11. The van der Waals surface area contributed by atoms with E-state index in [4.69, 9.17) is 27.9 Å². The average Bonchev–Trinajstić information content (AvgIpc) is 2.99. The number of ether oxygens (including phenoxy) is 1. The Bertz CT molecular complexity index is 1320. The van der Waals surface area contributed by atoms with Crippen molar-refractivity contribution in [2.45, 2.75) is 80.9 Å². The highest BCUT2D eigenvalue weighted by Crippen LogP contribution is 2.40. The van der Waals surface area contributed by atoms with Crippen molar-refractivity contribution in [1.82, 2.24) is 14.5 Å². The lowest BCUT2D eigenvalue weighted by atomic mass is 9.75. The second-order valence-electron chi connectivity index (χ2n) is 12.2. The molecule has 2 aromatic carbocycles. The number of sulfonamides is 1. The first-order chi connectivity index (χ1) is 20.5. The van der Waals surface area contributed by atoms with Gasteiger partial charge in [-0.2, -0.15) is 4.31 Å². The van der Waals surface area contributed by atoms with Crippen molar-refractivity contribution in [3.8, 4) is 0 Å². The first-order valence-electron chi connectivity index (χ1n) is 15.2. The minimum atomic E-state index is -3.82. The van der Waals surface area contributed by atoms with Crippen LogP contribution >= 0.6 is 23.2 Å². The van der Waals surface area contributed by atoms with Crippen LogP contribution in [0.5, 0.6) is 0 Å². The summed E-state index contributed by atoms with van der Waals surface area (Å²) >= 11 is 12.1. The monoisotopic (exact) mass is 655 g/mol. The van der Waals surface area contributed by atoms with Gasteiger partial charge in [0, 0.05) is 19.6 Å².